The smallest absolute Gasteiger partial charge is 0.343 e. The van der Waals surface area contributed by atoms with Crippen molar-refractivity contribution in [2.75, 3.05) is 26.4 Å². The molecule has 5 rings (SSSR count). The van der Waals surface area contributed by atoms with Crippen molar-refractivity contribution in [3.05, 3.63) is 132 Å². The van der Waals surface area contributed by atoms with Crippen LogP contribution in [0, 0.1) is 11.3 Å². The molecule has 0 atom stereocenters. The van der Waals surface area contributed by atoms with Gasteiger partial charge < -0.3 is 28.4 Å². The Morgan fingerprint density at radius 2 is 0.980 bits per heavy atom. The Kier molecular flexibility index (Phi) is 12.0. The van der Waals surface area contributed by atoms with Gasteiger partial charge in [0.15, 0.2) is 0 Å². The zero-order valence-corrected chi connectivity index (χ0v) is 27.5. The SMILES string of the molecule is C=CC(=O)OCCCOc1ccc(C(=O)Oc2ccc3c(c2)C(C#N)c2cc(OC(=O)c4ccc(OCCCOC(=O)C=C)cc4)ccc2-3)cc1. The number of nitriles is 1. The molecule has 0 heterocycles. The lowest BCUT2D eigenvalue weighted by Crippen LogP contribution is -2.09. The number of rotatable bonds is 16. The summed E-state index contributed by atoms with van der Waals surface area (Å²) >= 11 is 0. The Morgan fingerprint density at radius 3 is 1.35 bits per heavy atom. The molecule has 0 fully saturated rings. The lowest BCUT2D eigenvalue weighted by Gasteiger charge is -2.10. The van der Waals surface area contributed by atoms with Crippen LogP contribution in [0.3, 0.4) is 0 Å². The molecule has 0 aromatic heterocycles. The van der Waals surface area contributed by atoms with Crippen LogP contribution in [0.5, 0.6) is 23.0 Å². The molecule has 4 aromatic rings. The molecule has 0 radical (unpaired) electrons. The molecule has 1 aliphatic carbocycles. The van der Waals surface area contributed by atoms with Gasteiger partial charge in [-0.1, -0.05) is 25.3 Å². The van der Waals surface area contributed by atoms with Gasteiger partial charge in [-0.3, -0.25) is 0 Å². The summed E-state index contributed by atoms with van der Waals surface area (Å²) in [4.78, 5) is 48.0. The minimum absolute atomic E-state index is 0.205. The van der Waals surface area contributed by atoms with E-state index < -0.39 is 29.8 Å². The monoisotopic (exact) mass is 687 g/mol. The van der Waals surface area contributed by atoms with E-state index in [4.69, 9.17) is 28.4 Å². The predicted molar refractivity (Wildman–Crippen MR) is 185 cm³/mol. The van der Waals surface area contributed by atoms with E-state index in [-0.39, 0.29) is 24.7 Å². The summed E-state index contributed by atoms with van der Waals surface area (Å²) in [5.74, 6) is -1.19. The van der Waals surface area contributed by atoms with Crippen LogP contribution in [0.15, 0.2) is 110 Å². The molecule has 1 aliphatic rings. The van der Waals surface area contributed by atoms with Crippen LogP contribution in [-0.4, -0.2) is 50.3 Å². The molecule has 0 saturated carbocycles. The van der Waals surface area contributed by atoms with Gasteiger partial charge in [-0.2, -0.15) is 5.26 Å². The number of esters is 4. The predicted octanol–water partition coefficient (Wildman–Crippen LogP) is 6.76. The lowest BCUT2D eigenvalue weighted by atomic mass is 9.98. The minimum Gasteiger partial charge on any atom is -0.493 e. The number of nitrogens with zero attached hydrogens (tertiary/aromatic N) is 1. The van der Waals surface area contributed by atoms with Crippen molar-refractivity contribution < 1.29 is 47.6 Å². The van der Waals surface area contributed by atoms with Gasteiger partial charge in [-0.15, -0.1) is 0 Å². The van der Waals surface area contributed by atoms with Crippen molar-refractivity contribution in [1.82, 2.24) is 0 Å². The second-order valence-corrected chi connectivity index (χ2v) is 11.0. The third kappa shape index (κ3) is 9.28. The molecule has 0 N–H and O–H groups in total. The van der Waals surface area contributed by atoms with Crippen molar-refractivity contribution in [2.24, 2.45) is 0 Å². The quantitative estimate of drug-likeness (QED) is 0.0533. The standard InChI is InChI=1S/C40H33NO10/c1-3-37(42)48-21-5-19-46-28-11-7-26(8-12-28)39(44)50-30-15-17-32-33-18-16-31(24-35(33)36(25-41)34(32)23-30)51-40(45)27-9-13-29(14-10-27)47-20-6-22-49-38(43)4-2/h3-4,7-18,23-24,36H,1-2,5-6,19-22H2. The summed E-state index contributed by atoms with van der Waals surface area (Å²) in [5.41, 5.74) is 3.56. The van der Waals surface area contributed by atoms with Gasteiger partial charge in [0.2, 0.25) is 0 Å². The van der Waals surface area contributed by atoms with Gasteiger partial charge in [0, 0.05) is 25.0 Å². The second-order valence-electron chi connectivity index (χ2n) is 11.0. The summed E-state index contributed by atoms with van der Waals surface area (Å²) in [5, 5.41) is 10.1. The van der Waals surface area contributed by atoms with Crippen molar-refractivity contribution in [3.8, 4) is 40.2 Å². The molecule has 11 heteroatoms. The fourth-order valence-corrected chi connectivity index (χ4v) is 5.15. The fraction of sp³-hybridized carbons (Fsp3) is 0.175. The van der Waals surface area contributed by atoms with E-state index in [9.17, 15) is 24.4 Å². The maximum absolute atomic E-state index is 12.9. The summed E-state index contributed by atoms with van der Waals surface area (Å²) in [7, 11) is 0. The molecule has 0 saturated heterocycles. The van der Waals surface area contributed by atoms with E-state index in [0.717, 1.165) is 23.3 Å². The third-order valence-corrected chi connectivity index (χ3v) is 7.63. The number of hydrogen-bond donors (Lipinski definition) is 0. The Morgan fingerprint density at radius 1 is 0.588 bits per heavy atom. The second kappa shape index (κ2) is 17.1. The summed E-state index contributed by atoms with van der Waals surface area (Å²) in [6, 6.07) is 25.4. The summed E-state index contributed by atoms with van der Waals surface area (Å²) in [6.07, 6.45) is 3.18. The molecule has 11 nitrogen and oxygen atoms in total. The average Bonchev–Trinajstić information content (AvgIpc) is 3.46. The number of carbonyl (C=O) groups is 4. The van der Waals surface area contributed by atoms with Gasteiger partial charge in [-0.05, 0) is 95.1 Å². The van der Waals surface area contributed by atoms with Crippen LogP contribution in [0.1, 0.15) is 50.6 Å². The molecule has 0 unspecified atom stereocenters. The molecule has 51 heavy (non-hydrogen) atoms. The molecule has 0 aliphatic heterocycles. The number of ether oxygens (including phenoxy) is 6. The molecular weight excluding hydrogens is 654 g/mol. The molecule has 258 valence electrons. The highest BCUT2D eigenvalue weighted by atomic mass is 16.5. The first kappa shape index (κ1) is 35.6. The number of hydrogen-bond acceptors (Lipinski definition) is 11. The molecule has 0 bridgehead atoms. The number of benzene rings is 4. The Balaban J connectivity index is 1.16. The number of carbonyl (C=O) groups excluding carboxylic acids is 4. The zero-order chi connectivity index (χ0) is 36.2. The average molecular weight is 688 g/mol. The van der Waals surface area contributed by atoms with E-state index in [1.54, 1.807) is 84.9 Å². The van der Waals surface area contributed by atoms with Crippen molar-refractivity contribution >= 4 is 23.9 Å². The number of fused-ring (bicyclic) bond motifs is 3. The van der Waals surface area contributed by atoms with Crippen molar-refractivity contribution in [3.63, 3.8) is 0 Å². The first-order valence-electron chi connectivity index (χ1n) is 16.0. The Labute approximate surface area is 294 Å². The van der Waals surface area contributed by atoms with Gasteiger partial charge in [0.25, 0.3) is 0 Å². The van der Waals surface area contributed by atoms with Gasteiger partial charge in [0.1, 0.15) is 23.0 Å². The van der Waals surface area contributed by atoms with Crippen molar-refractivity contribution in [2.45, 2.75) is 18.8 Å². The van der Waals surface area contributed by atoms with E-state index in [0.29, 0.717) is 59.8 Å². The Bertz CT molecular complexity index is 1840. The van der Waals surface area contributed by atoms with Crippen molar-refractivity contribution in [1.29, 1.82) is 5.26 Å². The highest BCUT2D eigenvalue weighted by Gasteiger charge is 2.30. The highest BCUT2D eigenvalue weighted by Crippen LogP contribution is 2.47. The largest absolute Gasteiger partial charge is 0.493 e. The Hall–Kier alpha value is -6.67. The third-order valence-electron chi connectivity index (χ3n) is 7.63. The lowest BCUT2D eigenvalue weighted by molar-refractivity contribution is -0.138. The zero-order valence-electron chi connectivity index (χ0n) is 27.5. The van der Waals surface area contributed by atoms with E-state index >= 15 is 0 Å². The van der Waals surface area contributed by atoms with E-state index in [1.807, 2.05) is 0 Å². The van der Waals surface area contributed by atoms with Crippen LogP contribution in [0.25, 0.3) is 11.1 Å². The fourth-order valence-electron chi connectivity index (χ4n) is 5.15. The van der Waals surface area contributed by atoms with Gasteiger partial charge >= 0.3 is 23.9 Å². The molecule has 0 spiro atoms. The van der Waals surface area contributed by atoms with E-state index in [1.165, 1.54) is 0 Å². The minimum atomic E-state index is -0.680. The molecular formula is C40H33NO10. The summed E-state index contributed by atoms with van der Waals surface area (Å²) < 4.78 is 32.3. The maximum atomic E-state index is 12.9. The first-order chi connectivity index (χ1) is 24.8. The van der Waals surface area contributed by atoms with Crippen LogP contribution < -0.4 is 18.9 Å². The van der Waals surface area contributed by atoms with Gasteiger partial charge in [-0.25, -0.2) is 19.2 Å². The van der Waals surface area contributed by atoms with Gasteiger partial charge in [0.05, 0.1) is 49.5 Å². The van der Waals surface area contributed by atoms with Crippen LogP contribution in [-0.2, 0) is 19.1 Å². The van der Waals surface area contributed by atoms with Crippen LogP contribution in [0.4, 0.5) is 0 Å². The maximum Gasteiger partial charge on any atom is 0.343 e. The van der Waals surface area contributed by atoms with E-state index in [2.05, 4.69) is 19.2 Å². The topological polar surface area (TPSA) is 147 Å². The van der Waals surface area contributed by atoms with Crippen LogP contribution >= 0.6 is 0 Å². The highest BCUT2D eigenvalue weighted by molar-refractivity contribution is 5.92. The van der Waals surface area contributed by atoms with Crippen LogP contribution in [0.2, 0.25) is 0 Å². The molecule has 4 aromatic carbocycles. The molecule has 0 amide bonds. The summed E-state index contributed by atoms with van der Waals surface area (Å²) in [6.45, 7) is 7.73. The normalized spacial score (nSPS) is 11.2. The first-order valence-corrected chi connectivity index (χ1v) is 16.0.